The Kier molecular flexibility index (Phi) is 7.12. The first-order chi connectivity index (χ1) is 10.2. The van der Waals surface area contributed by atoms with Crippen LogP contribution in [0, 0.1) is 0 Å². The van der Waals surface area contributed by atoms with Crippen LogP contribution < -0.4 is 5.32 Å². The molecule has 0 saturated carbocycles. The Morgan fingerprint density at radius 3 is 2.32 bits per heavy atom. The number of nitrogens with one attached hydrogen (secondary N) is 1. The highest BCUT2D eigenvalue weighted by Gasteiger charge is 2.28. The molecule has 0 aromatic heterocycles. The Hall–Kier alpha value is -0.820. The number of alkyl halides is 1. The summed E-state index contributed by atoms with van der Waals surface area (Å²) in [5.74, 6) is 0. The van der Waals surface area contributed by atoms with Gasteiger partial charge in [0.15, 0.2) is 0 Å². The zero-order valence-electron chi connectivity index (χ0n) is 14.0. The number of benzene rings is 1. The molecular formula is C17H26INO3. The normalized spacial score (nSPS) is 15.7. The number of ether oxygens (including phenoxy) is 2. The molecule has 0 heterocycles. The maximum Gasteiger partial charge on any atom is 0.407 e. The van der Waals surface area contributed by atoms with Crippen LogP contribution in [0.15, 0.2) is 30.3 Å². The van der Waals surface area contributed by atoms with Gasteiger partial charge in [0, 0.05) is 4.43 Å². The van der Waals surface area contributed by atoms with Gasteiger partial charge in [-0.1, -0.05) is 52.9 Å². The van der Waals surface area contributed by atoms with E-state index < -0.39 is 17.3 Å². The lowest BCUT2D eigenvalue weighted by Gasteiger charge is -2.32. The first-order valence-electron chi connectivity index (χ1n) is 7.41. The van der Waals surface area contributed by atoms with E-state index in [4.69, 9.17) is 9.47 Å². The Labute approximate surface area is 147 Å². The Balaban J connectivity index is 2.59. The van der Waals surface area contributed by atoms with E-state index in [-0.39, 0.29) is 6.10 Å². The summed E-state index contributed by atoms with van der Waals surface area (Å²) in [7, 11) is 0. The predicted molar refractivity (Wildman–Crippen MR) is 97.5 cm³/mol. The van der Waals surface area contributed by atoms with Gasteiger partial charge in [0.05, 0.1) is 18.2 Å². The van der Waals surface area contributed by atoms with Gasteiger partial charge in [-0.3, -0.25) is 0 Å². The zero-order valence-corrected chi connectivity index (χ0v) is 16.1. The van der Waals surface area contributed by atoms with Gasteiger partial charge in [-0.05, 0) is 40.2 Å². The van der Waals surface area contributed by atoms with E-state index in [1.807, 2.05) is 65.0 Å². The molecule has 1 aromatic carbocycles. The molecule has 0 saturated heterocycles. The van der Waals surface area contributed by atoms with Gasteiger partial charge in [-0.2, -0.15) is 0 Å². The van der Waals surface area contributed by atoms with Gasteiger partial charge in [0.2, 0.25) is 0 Å². The number of carbonyl (C=O) groups excluding carboxylic acids is 1. The topological polar surface area (TPSA) is 47.6 Å². The van der Waals surface area contributed by atoms with Crippen molar-refractivity contribution in [2.45, 2.75) is 51.9 Å². The van der Waals surface area contributed by atoms with Gasteiger partial charge in [-0.15, -0.1) is 0 Å². The summed E-state index contributed by atoms with van der Waals surface area (Å²) in [4.78, 5) is 11.8. The van der Waals surface area contributed by atoms with E-state index in [2.05, 4.69) is 27.9 Å². The molecule has 0 fully saturated rings. The highest BCUT2D eigenvalue weighted by molar-refractivity contribution is 14.1. The van der Waals surface area contributed by atoms with Crippen molar-refractivity contribution in [2.24, 2.45) is 0 Å². The molecule has 0 aliphatic heterocycles. The minimum absolute atomic E-state index is 0.0404. The van der Waals surface area contributed by atoms with Crippen LogP contribution in [0.2, 0.25) is 0 Å². The molecule has 0 aliphatic rings. The zero-order chi connectivity index (χ0) is 16.8. The highest BCUT2D eigenvalue weighted by Crippen LogP contribution is 2.25. The SMILES string of the molecule is CC(OC(C)(CI)CNC(=O)OC(C)(C)C)c1ccccc1. The maximum atomic E-state index is 11.8. The van der Waals surface area contributed by atoms with Crippen molar-refractivity contribution in [1.82, 2.24) is 5.32 Å². The average Bonchev–Trinajstić information content (AvgIpc) is 2.44. The molecular weight excluding hydrogens is 393 g/mol. The number of rotatable bonds is 6. The molecule has 5 heteroatoms. The number of carbonyl (C=O) groups is 1. The number of amides is 1. The first kappa shape index (κ1) is 19.2. The van der Waals surface area contributed by atoms with Crippen LogP contribution in [0.4, 0.5) is 4.79 Å². The van der Waals surface area contributed by atoms with Gasteiger partial charge in [0.25, 0.3) is 0 Å². The van der Waals surface area contributed by atoms with Gasteiger partial charge >= 0.3 is 6.09 Å². The second-order valence-electron chi connectivity index (χ2n) is 6.61. The fourth-order valence-corrected chi connectivity index (χ4v) is 2.36. The van der Waals surface area contributed by atoms with Crippen LogP contribution in [0.25, 0.3) is 0 Å². The van der Waals surface area contributed by atoms with Crippen LogP contribution in [-0.4, -0.2) is 28.3 Å². The molecule has 1 rings (SSSR count). The lowest BCUT2D eigenvalue weighted by atomic mass is 10.1. The van der Waals surface area contributed by atoms with Crippen LogP contribution in [0.1, 0.15) is 46.3 Å². The minimum atomic E-state index is -0.497. The van der Waals surface area contributed by atoms with Gasteiger partial charge < -0.3 is 14.8 Å². The van der Waals surface area contributed by atoms with Crippen molar-refractivity contribution >= 4 is 28.7 Å². The van der Waals surface area contributed by atoms with Crippen molar-refractivity contribution in [3.63, 3.8) is 0 Å². The van der Waals surface area contributed by atoms with Gasteiger partial charge in [-0.25, -0.2) is 4.79 Å². The van der Waals surface area contributed by atoms with Crippen molar-refractivity contribution in [1.29, 1.82) is 0 Å². The Morgan fingerprint density at radius 1 is 1.23 bits per heavy atom. The lowest BCUT2D eigenvalue weighted by Crippen LogP contribution is -2.46. The van der Waals surface area contributed by atoms with E-state index in [0.717, 1.165) is 9.99 Å². The molecule has 0 bridgehead atoms. The second kappa shape index (κ2) is 8.15. The van der Waals surface area contributed by atoms with E-state index in [0.29, 0.717) is 6.54 Å². The third-order valence-electron chi connectivity index (χ3n) is 3.02. The van der Waals surface area contributed by atoms with Crippen molar-refractivity contribution in [2.75, 3.05) is 11.0 Å². The fourth-order valence-electron chi connectivity index (χ4n) is 1.91. The number of hydrogen-bond acceptors (Lipinski definition) is 3. The molecule has 2 unspecified atom stereocenters. The number of alkyl carbamates (subject to hydrolysis) is 1. The van der Waals surface area contributed by atoms with E-state index >= 15 is 0 Å². The summed E-state index contributed by atoms with van der Waals surface area (Å²) in [6.07, 6.45) is -0.457. The molecule has 0 spiro atoms. The molecule has 4 nitrogen and oxygen atoms in total. The lowest BCUT2D eigenvalue weighted by molar-refractivity contribution is -0.0594. The molecule has 1 N–H and O–H groups in total. The second-order valence-corrected chi connectivity index (χ2v) is 7.37. The van der Waals surface area contributed by atoms with Crippen LogP contribution >= 0.6 is 22.6 Å². The van der Waals surface area contributed by atoms with Crippen LogP contribution in [0.5, 0.6) is 0 Å². The minimum Gasteiger partial charge on any atom is -0.444 e. The maximum absolute atomic E-state index is 11.8. The van der Waals surface area contributed by atoms with Crippen molar-refractivity contribution in [3.05, 3.63) is 35.9 Å². The highest BCUT2D eigenvalue weighted by atomic mass is 127. The molecule has 22 heavy (non-hydrogen) atoms. The summed E-state index contributed by atoms with van der Waals surface area (Å²) in [6.45, 7) is 9.96. The Morgan fingerprint density at radius 2 is 1.82 bits per heavy atom. The number of hydrogen-bond donors (Lipinski definition) is 1. The first-order valence-corrected chi connectivity index (χ1v) is 8.93. The molecule has 0 radical (unpaired) electrons. The third kappa shape index (κ3) is 6.96. The largest absolute Gasteiger partial charge is 0.444 e. The van der Waals surface area contributed by atoms with Crippen LogP contribution in [0.3, 0.4) is 0 Å². The summed E-state index contributed by atoms with van der Waals surface area (Å²) in [5, 5.41) is 2.80. The quantitative estimate of drug-likeness (QED) is 0.546. The Bertz CT molecular complexity index is 473. The van der Waals surface area contributed by atoms with Crippen LogP contribution in [-0.2, 0) is 9.47 Å². The van der Waals surface area contributed by atoms with Crippen molar-refractivity contribution in [3.8, 4) is 0 Å². The van der Waals surface area contributed by atoms with Crippen molar-refractivity contribution < 1.29 is 14.3 Å². The van der Waals surface area contributed by atoms with E-state index in [1.54, 1.807) is 0 Å². The molecule has 124 valence electrons. The molecule has 1 aromatic rings. The number of halogens is 1. The summed E-state index contributed by atoms with van der Waals surface area (Å²) < 4.78 is 12.2. The summed E-state index contributed by atoms with van der Waals surface area (Å²) in [5.41, 5.74) is 0.172. The fraction of sp³-hybridized carbons (Fsp3) is 0.588. The van der Waals surface area contributed by atoms with E-state index in [1.165, 1.54) is 0 Å². The van der Waals surface area contributed by atoms with E-state index in [9.17, 15) is 4.79 Å². The molecule has 0 aliphatic carbocycles. The monoisotopic (exact) mass is 419 g/mol. The predicted octanol–water partition coefficient (Wildman–Crippen LogP) is 4.48. The standard InChI is InChI=1S/C17H26INO3/c1-13(14-9-7-6-8-10-14)21-17(5,11-18)12-19-15(20)22-16(2,3)4/h6-10,13H,11-12H2,1-5H3,(H,19,20). The summed E-state index contributed by atoms with van der Waals surface area (Å²) >= 11 is 2.28. The van der Waals surface area contributed by atoms with Gasteiger partial charge in [0.1, 0.15) is 5.60 Å². The molecule has 2 atom stereocenters. The summed E-state index contributed by atoms with van der Waals surface area (Å²) in [6, 6.07) is 10.1. The smallest absolute Gasteiger partial charge is 0.407 e. The average molecular weight is 419 g/mol. The molecule has 1 amide bonds. The third-order valence-corrected chi connectivity index (χ3v) is 4.63.